The lowest BCUT2D eigenvalue weighted by atomic mass is 9.60. The smallest absolute Gasteiger partial charge is 0.150 e. The summed E-state index contributed by atoms with van der Waals surface area (Å²) in [7, 11) is -2.99. The summed E-state index contributed by atoms with van der Waals surface area (Å²) in [5.41, 5.74) is 10.5. The monoisotopic (exact) mass is 688 g/mol. The molecule has 2 nitrogen and oxygen atoms in total. The maximum absolute atomic E-state index is 15.3. The van der Waals surface area contributed by atoms with Crippen LogP contribution in [0.4, 0.5) is 0 Å². The molecular weight excluding hydrogens is 652 g/mol. The van der Waals surface area contributed by atoms with E-state index in [9.17, 15) is 0 Å². The zero-order valence-corrected chi connectivity index (χ0v) is 29.6. The summed E-state index contributed by atoms with van der Waals surface area (Å²) in [6, 6.07) is 53.5. The highest BCUT2D eigenvalue weighted by Gasteiger charge is 2.55. The first-order chi connectivity index (χ1) is 25.7. The van der Waals surface area contributed by atoms with E-state index in [1.165, 1.54) is 33.4 Å². The first-order valence-electron chi connectivity index (χ1n) is 18.2. The van der Waals surface area contributed by atoms with Gasteiger partial charge in [-0.1, -0.05) is 176 Å². The third kappa shape index (κ3) is 4.54. The second-order valence-corrected chi connectivity index (χ2v) is 17.2. The Morgan fingerprint density at radius 3 is 1.88 bits per heavy atom. The van der Waals surface area contributed by atoms with Gasteiger partial charge >= 0.3 is 0 Å². The summed E-state index contributed by atoms with van der Waals surface area (Å²) in [6.45, 7) is 0. The van der Waals surface area contributed by atoms with Gasteiger partial charge in [-0.15, -0.1) is 0 Å². The van der Waals surface area contributed by atoms with E-state index in [0.29, 0.717) is 6.42 Å². The van der Waals surface area contributed by atoms with Gasteiger partial charge in [-0.25, -0.2) is 0 Å². The molecule has 3 aliphatic carbocycles. The average Bonchev–Trinajstić information content (AvgIpc) is 3.52. The summed E-state index contributed by atoms with van der Waals surface area (Å²) < 4.78 is 22.3. The van der Waals surface area contributed by atoms with Gasteiger partial charge in [-0.2, -0.15) is 0 Å². The van der Waals surface area contributed by atoms with Crippen molar-refractivity contribution in [2.75, 3.05) is 0 Å². The van der Waals surface area contributed by atoms with Crippen LogP contribution in [0.3, 0.4) is 0 Å². The average molecular weight is 689 g/mol. The van der Waals surface area contributed by atoms with Crippen molar-refractivity contribution < 1.29 is 9.30 Å². The van der Waals surface area contributed by atoms with E-state index in [-0.39, 0.29) is 17.0 Å². The van der Waals surface area contributed by atoms with Gasteiger partial charge in [-0.05, 0) is 63.9 Å². The van der Waals surface area contributed by atoms with Crippen molar-refractivity contribution in [1.29, 1.82) is 0 Å². The van der Waals surface area contributed by atoms with Crippen LogP contribution in [-0.2, 0) is 9.98 Å². The summed E-state index contributed by atoms with van der Waals surface area (Å²) >= 11 is 0. The predicted octanol–water partition coefficient (Wildman–Crippen LogP) is 11.2. The Hall–Kier alpha value is -5.69. The third-order valence-electron chi connectivity index (χ3n) is 11.6. The minimum Gasteiger partial charge on any atom is -0.460 e. The first kappa shape index (κ1) is 31.1. The molecule has 1 spiro atoms. The SMILES string of the molecule is O=P(c1ccccc1)(c1ccccc1)C1C=CC=C(c2cccc(-c3cccc4c3OC3=CC=CCC3C43c4ccccc4-c4ccccc43)c2)C1. The van der Waals surface area contributed by atoms with E-state index >= 15 is 4.57 Å². The van der Waals surface area contributed by atoms with Crippen molar-refractivity contribution in [3.8, 4) is 28.0 Å². The number of rotatable bonds is 5. The maximum Gasteiger partial charge on any atom is 0.150 e. The molecule has 6 aromatic carbocycles. The summed E-state index contributed by atoms with van der Waals surface area (Å²) in [5, 5.41) is 1.79. The Morgan fingerprint density at radius 2 is 1.17 bits per heavy atom. The summed E-state index contributed by atoms with van der Waals surface area (Å²) in [4.78, 5) is 0. The van der Waals surface area contributed by atoms with Crippen molar-refractivity contribution in [3.63, 3.8) is 0 Å². The standard InChI is InChI=1S/C49H37O2P/c50-52(37-19-3-1-4-20-37,38-21-5-2-6-22-38)39-23-14-17-35(33-39)34-16-13-18-36(32-34)40-26-15-30-46-48(40)51-47-31-12-11-29-45(47)49(46)43-27-9-7-24-41(43)42-25-8-10-28-44(42)49/h1-28,30-32,39,45H,29,33H2. The number of hydrogen-bond acceptors (Lipinski definition) is 2. The largest absolute Gasteiger partial charge is 0.460 e. The van der Waals surface area contributed by atoms with E-state index in [1.807, 2.05) is 60.7 Å². The number of hydrogen-bond donors (Lipinski definition) is 0. The Balaban J connectivity index is 1.09. The molecule has 0 bridgehead atoms. The van der Waals surface area contributed by atoms with Crippen LogP contribution in [0.15, 0.2) is 194 Å². The molecule has 0 saturated carbocycles. The highest BCUT2D eigenvalue weighted by molar-refractivity contribution is 7.79. The third-order valence-corrected chi connectivity index (χ3v) is 15.1. The molecule has 1 heterocycles. The van der Waals surface area contributed by atoms with Crippen LogP contribution in [-0.4, -0.2) is 5.66 Å². The van der Waals surface area contributed by atoms with Gasteiger partial charge in [0, 0.05) is 33.3 Å². The minimum absolute atomic E-state index is 0.150. The van der Waals surface area contributed by atoms with Gasteiger partial charge in [0.2, 0.25) is 0 Å². The van der Waals surface area contributed by atoms with E-state index < -0.39 is 7.14 Å². The molecule has 0 N–H and O–H groups in total. The molecule has 0 saturated heterocycles. The molecule has 0 fully saturated rings. The molecule has 52 heavy (non-hydrogen) atoms. The molecule has 250 valence electrons. The molecular formula is C49H37O2P. The molecule has 6 aromatic rings. The molecule has 0 aromatic heterocycles. The number of allylic oxidation sites excluding steroid dienone is 8. The van der Waals surface area contributed by atoms with Crippen LogP contribution in [0.1, 0.15) is 35.1 Å². The minimum atomic E-state index is -2.99. The molecule has 0 radical (unpaired) electrons. The number of benzene rings is 6. The van der Waals surface area contributed by atoms with Crippen molar-refractivity contribution in [1.82, 2.24) is 0 Å². The number of para-hydroxylation sites is 1. The van der Waals surface area contributed by atoms with Gasteiger partial charge in [0.05, 0.1) is 5.41 Å². The van der Waals surface area contributed by atoms with Crippen molar-refractivity contribution in [2.45, 2.75) is 23.9 Å². The van der Waals surface area contributed by atoms with Crippen LogP contribution >= 0.6 is 7.14 Å². The van der Waals surface area contributed by atoms with Crippen molar-refractivity contribution >= 4 is 23.3 Å². The molecule has 3 heteroatoms. The fraction of sp³-hybridized carbons (Fsp3) is 0.102. The second kappa shape index (κ2) is 12.2. The molecule has 0 amide bonds. The molecule has 1 aliphatic heterocycles. The fourth-order valence-corrected chi connectivity index (χ4v) is 12.5. The van der Waals surface area contributed by atoms with Crippen LogP contribution in [0, 0.1) is 5.92 Å². The molecule has 2 atom stereocenters. The Bertz CT molecular complexity index is 2450. The Labute approximate surface area is 305 Å². The first-order valence-corrected chi connectivity index (χ1v) is 20.0. The summed E-state index contributed by atoms with van der Waals surface area (Å²) in [6.07, 6.45) is 14.6. The maximum atomic E-state index is 15.3. The highest BCUT2D eigenvalue weighted by atomic mass is 31.2. The topological polar surface area (TPSA) is 26.3 Å². The summed E-state index contributed by atoms with van der Waals surface area (Å²) in [5.74, 6) is 2.10. The second-order valence-electron chi connectivity index (χ2n) is 14.2. The van der Waals surface area contributed by atoms with Gasteiger partial charge in [-0.3, -0.25) is 0 Å². The van der Waals surface area contributed by atoms with Crippen molar-refractivity contribution in [2.24, 2.45) is 5.92 Å². The van der Waals surface area contributed by atoms with Gasteiger partial charge in [0.25, 0.3) is 0 Å². The lowest BCUT2D eigenvalue weighted by molar-refractivity contribution is 0.254. The van der Waals surface area contributed by atoms with Gasteiger partial charge < -0.3 is 9.30 Å². The van der Waals surface area contributed by atoms with E-state index in [0.717, 1.165) is 45.2 Å². The van der Waals surface area contributed by atoms with Gasteiger partial charge in [0.15, 0.2) is 0 Å². The van der Waals surface area contributed by atoms with Crippen molar-refractivity contribution in [3.05, 3.63) is 216 Å². The molecule has 10 rings (SSSR count). The number of fused-ring (bicyclic) bond motifs is 9. The van der Waals surface area contributed by atoms with Crippen LogP contribution < -0.4 is 15.3 Å². The molecule has 2 unspecified atom stereocenters. The molecule has 4 aliphatic rings. The quantitative estimate of drug-likeness (QED) is 0.169. The zero-order valence-electron chi connectivity index (χ0n) is 28.7. The predicted molar refractivity (Wildman–Crippen MR) is 215 cm³/mol. The van der Waals surface area contributed by atoms with Crippen LogP contribution in [0.25, 0.3) is 27.8 Å². The van der Waals surface area contributed by atoms with Gasteiger partial charge in [0.1, 0.15) is 18.7 Å². The highest BCUT2D eigenvalue weighted by Crippen LogP contribution is 2.64. The van der Waals surface area contributed by atoms with E-state index in [4.69, 9.17) is 4.74 Å². The Morgan fingerprint density at radius 1 is 0.577 bits per heavy atom. The Kier molecular flexibility index (Phi) is 7.31. The lowest BCUT2D eigenvalue weighted by Gasteiger charge is -2.46. The van der Waals surface area contributed by atoms with E-state index in [2.05, 4.69) is 127 Å². The number of ether oxygens (including phenoxy) is 1. The van der Waals surface area contributed by atoms with E-state index in [1.54, 1.807) is 0 Å². The lowest BCUT2D eigenvalue weighted by Crippen LogP contribution is -2.42. The fourth-order valence-electron chi connectivity index (χ4n) is 9.37. The normalized spacial score (nSPS) is 19.1. The van der Waals surface area contributed by atoms with Crippen LogP contribution in [0.5, 0.6) is 5.75 Å². The van der Waals surface area contributed by atoms with Crippen LogP contribution in [0.2, 0.25) is 0 Å². The zero-order chi connectivity index (χ0) is 34.7.